The van der Waals surface area contributed by atoms with Gasteiger partial charge in [0.25, 0.3) is 0 Å². The lowest BCUT2D eigenvalue weighted by Crippen LogP contribution is -2.49. The van der Waals surface area contributed by atoms with Crippen molar-refractivity contribution in [1.82, 2.24) is 10.0 Å². The van der Waals surface area contributed by atoms with Crippen molar-refractivity contribution in [2.45, 2.75) is 31.3 Å². The second kappa shape index (κ2) is 8.01. The van der Waals surface area contributed by atoms with Crippen LogP contribution in [0.2, 0.25) is 0 Å². The molecule has 27 heavy (non-hydrogen) atoms. The molecular weight excluding hydrogens is 372 g/mol. The van der Waals surface area contributed by atoms with Crippen molar-refractivity contribution in [3.63, 3.8) is 0 Å². The number of nitrogens with one attached hydrogen (secondary N) is 2. The van der Waals surface area contributed by atoms with Crippen LogP contribution in [0.1, 0.15) is 19.6 Å². The van der Waals surface area contributed by atoms with Crippen molar-refractivity contribution < 1.29 is 27.1 Å². The van der Waals surface area contributed by atoms with Gasteiger partial charge in [0.05, 0.1) is 17.7 Å². The highest BCUT2D eigenvalue weighted by atomic mass is 32.2. The summed E-state index contributed by atoms with van der Waals surface area (Å²) in [7, 11) is -3.92. The molecule has 3 rings (SSSR count). The average molecular weight is 394 g/mol. The van der Waals surface area contributed by atoms with Gasteiger partial charge in [-0.3, -0.25) is 4.79 Å². The zero-order valence-corrected chi connectivity index (χ0v) is 15.9. The highest BCUT2D eigenvalue weighted by Gasteiger charge is 2.29. The monoisotopic (exact) mass is 394 g/mol. The fraction of sp³-hybridized carbons (Fsp3) is 0.389. The molecule has 0 saturated heterocycles. The minimum Gasteiger partial charge on any atom is -0.486 e. The number of rotatable bonds is 7. The lowest BCUT2D eigenvalue weighted by Gasteiger charge is -2.22. The number of hydrogen-bond donors (Lipinski definition) is 2. The number of carbonyl (C=O) groups excluding carboxylic acids is 1. The Morgan fingerprint density at radius 2 is 1.89 bits per heavy atom. The van der Waals surface area contributed by atoms with E-state index in [9.17, 15) is 13.2 Å². The van der Waals surface area contributed by atoms with Crippen molar-refractivity contribution in [2.75, 3.05) is 13.2 Å². The van der Waals surface area contributed by atoms with E-state index in [0.29, 0.717) is 30.5 Å². The molecule has 0 unspecified atom stereocenters. The molecule has 2 heterocycles. The highest BCUT2D eigenvalue weighted by Crippen LogP contribution is 2.32. The normalized spacial score (nSPS) is 14.8. The van der Waals surface area contributed by atoms with Crippen LogP contribution in [0.25, 0.3) is 0 Å². The Morgan fingerprint density at radius 1 is 1.15 bits per heavy atom. The van der Waals surface area contributed by atoms with Gasteiger partial charge in [-0.15, -0.1) is 0 Å². The number of hydrogen-bond acceptors (Lipinski definition) is 6. The van der Waals surface area contributed by atoms with Gasteiger partial charge in [0, 0.05) is 6.07 Å². The van der Waals surface area contributed by atoms with E-state index in [-0.39, 0.29) is 17.4 Å². The van der Waals surface area contributed by atoms with E-state index in [4.69, 9.17) is 13.9 Å². The summed E-state index contributed by atoms with van der Waals surface area (Å²) < 4.78 is 44.0. The molecule has 0 fully saturated rings. The van der Waals surface area contributed by atoms with Crippen LogP contribution in [0, 0.1) is 5.92 Å². The fourth-order valence-electron chi connectivity index (χ4n) is 2.62. The topological polar surface area (TPSA) is 107 Å². The van der Waals surface area contributed by atoms with E-state index in [1.807, 2.05) is 0 Å². The van der Waals surface area contributed by atoms with Crippen molar-refractivity contribution in [1.29, 1.82) is 0 Å². The molecule has 0 bridgehead atoms. The van der Waals surface area contributed by atoms with Crippen molar-refractivity contribution in [3.05, 3.63) is 42.4 Å². The summed E-state index contributed by atoms with van der Waals surface area (Å²) in [4.78, 5) is 12.5. The first-order valence-corrected chi connectivity index (χ1v) is 10.1. The van der Waals surface area contributed by atoms with Crippen LogP contribution in [0.15, 0.2) is 45.9 Å². The second-order valence-corrected chi connectivity index (χ2v) is 8.16. The SMILES string of the molecule is CC(C)[C@@H](NS(=O)(=O)c1ccc2c(c1)OCCO2)C(=O)NCc1ccco1. The molecule has 9 heteroatoms. The maximum atomic E-state index is 12.8. The largest absolute Gasteiger partial charge is 0.486 e. The third-order valence-corrected chi connectivity index (χ3v) is 5.51. The van der Waals surface area contributed by atoms with Gasteiger partial charge in [-0.05, 0) is 30.2 Å². The van der Waals surface area contributed by atoms with Crippen molar-refractivity contribution in [2.24, 2.45) is 5.92 Å². The van der Waals surface area contributed by atoms with Crippen LogP contribution in [0.4, 0.5) is 0 Å². The molecule has 1 atom stereocenters. The molecule has 1 amide bonds. The smallest absolute Gasteiger partial charge is 0.241 e. The van der Waals surface area contributed by atoms with E-state index < -0.39 is 22.0 Å². The number of ether oxygens (including phenoxy) is 2. The zero-order chi connectivity index (χ0) is 19.4. The number of benzene rings is 1. The Kier molecular flexibility index (Phi) is 5.71. The summed E-state index contributed by atoms with van der Waals surface area (Å²) >= 11 is 0. The first-order chi connectivity index (χ1) is 12.9. The first kappa shape index (κ1) is 19.2. The van der Waals surface area contributed by atoms with Gasteiger partial charge in [-0.25, -0.2) is 8.42 Å². The minimum absolute atomic E-state index is 0.0104. The van der Waals surface area contributed by atoms with E-state index >= 15 is 0 Å². The molecule has 8 nitrogen and oxygen atoms in total. The molecule has 2 N–H and O–H groups in total. The van der Waals surface area contributed by atoms with Crippen molar-refractivity contribution >= 4 is 15.9 Å². The number of amides is 1. The summed E-state index contributed by atoms with van der Waals surface area (Å²) in [6.45, 7) is 4.49. The van der Waals surface area contributed by atoms with Gasteiger partial charge in [0.1, 0.15) is 25.0 Å². The summed E-state index contributed by atoms with van der Waals surface area (Å²) in [6.07, 6.45) is 1.51. The van der Waals surface area contributed by atoms with Crippen LogP contribution < -0.4 is 19.5 Å². The van der Waals surface area contributed by atoms with Gasteiger partial charge >= 0.3 is 0 Å². The third kappa shape index (κ3) is 4.61. The van der Waals surface area contributed by atoms with Gasteiger partial charge in [-0.2, -0.15) is 4.72 Å². The Labute approximate surface area is 157 Å². The molecule has 1 aliphatic heterocycles. The van der Waals surface area contributed by atoms with Crippen LogP contribution in [0.3, 0.4) is 0 Å². The number of fused-ring (bicyclic) bond motifs is 1. The minimum atomic E-state index is -3.92. The third-order valence-electron chi connectivity index (χ3n) is 4.07. The molecule has 1 aromatic heterocycles. The Balaban J connectivity index is 1.73. The van der Waals surface area contributed by atoms with E-state index in [0.717, 1.165) is 0 Å². The van der Waals surface area contributed by atoms with E-state index in [2.05, 4.69) is 10.0 Å². The van der Waals surface area contributed by atoms with Gasteiger partial charge in [0.2, 0.25) is 15.9 Å². The number of furan rings is 1. The summed E-state index contributed by atoms with van der Waals surface area (Å²) in [6, 6.07) is 6.88. The molecule has 1 aliphatic rings. The molecule has 0 spiro atoms. The highest BCUT2D eigenvalue weighted by molar-refractivity contribution is 7.89. The van der Waals surface area contributed by atoms with Crippen LogP contribution in [0.5, 0.6) is 11.5 Å². The fourth-order valence-corrected chi connectivity index (χ4v) is 3.97. The molecule has 0 saturated carbocycles. The summed E-state index contributed by atoms with van der Waals surface area (Å²) in [5, 5.41) is 2.69. The molecule has 1 aromatic carbocycles. The summed E-state index contributed by atoms with van der Waals surface area (Å²) in [5.41, 5.74) is 0. The van der Waals surface area contributed by atoms with Crippen LogP contribution >= 0.6 is 0 Å². The van der Waals surface area contributed by atoms with E-state index in [1.165, 1.54) is 18.4 Å². The van der Waals surface area contributed by atoms with Gasteiger partial charge in [0.15, 0.2) is 11.5 Å². The Hall–Kier alpha value is -2.52. The molecule has 146 valence electrons. The second-order valence-electron chi connectivity index (χ2n) is 6.45. The molecular formula is C18H22N2O6S. The maximum Gasteiger partial charge on any atom is 0.241 e. The number of carbonyl (C=O) groups is 1. The predicted octanol–water partition coefficient (Wildman–Crippen LogP) is 1.67. The van der Waals surface area contributed by atoms with Crippen LogP contribution in [-0.2, 0) is 21.4 Å². The van der Waals surface area contributed by atoms with Gasteiger partial charge in [-0.1, -0.05) is 13.8 Å². The van der Waals surface area contributed by atoms with Crippen molar-refractivity contribution in [3.8, 4) is 11.5 Å². The standard InChI is InChI=1S/C18H22N2O6S/c1-12(2)17(18(21)19-11-13-4-3-7-24-13)20-27(22,23)14-5-6-15-16(10-14)26-9-8-25-15/h3-7,10,12,17,20H,8-9,11H2,1-2H3,(H,19,21)/t17-/m1/s1. The molecule has 0 aliphatic carbocycles. The van der Waals surface area contributed by atoms with Crippen LogP contribution in [-0.4, -0.2) is 33.6 Å². The summed E-state index contributed by atoms with van der Waals surface area (Å²) in [5.74, 6) is 0.765. The first-order valence-electron chi connectivity index (χ1n) is 8.59. The molecule has 0 radical (unpaired) electrons. The Bertz CT molecular complexity index is 893. The molecule has 2 aromatic rings. The maximum absolute atomic E-state index is 12.8. The Morgan fingerprint density at radius 3 is 2.56 bits per heavy atom. The van der Waals surface area contributed by atoms with E-state index in [1.54, 1.807) is 32.0 Å². The average Bonchev–Trinajstić information content (AvgIpc) is 3.17. The lowest BCUT2D eigenvalue weighted by molar-refractivity contribution is -0.123. The lowest BCUT2D eigenvalue weighted by atomic mass is 10.1. The number of sulfonamides is 1. The quantitative estimate of drug-likeness (QED) is 0.740. The predicted molar refractivity (Wildman–Crippen MR) is 96.9 cm³/mol. The zero-order valence-electron chi connectivity index (χ0n) is 15.1. The van der Waals surface area contributed by atoms with Gasteiger partial charge < -0.3 is 19.2 Å².